The predicted molar refractivity (Wildman–Crippen MR) is 58.9 cm³/mol. The molecule has 0 aromatic rings. The number of hydrogen-bond acceptors (Lipinski definition) is 4. The summed E-state index contributed by atoms with van der Waals surface area (Å²) >= 11 is 1.81. The van der Waals surface area contributed by atoms with E-state index in [2.05, 4.69) is 4.99 Å². The molecule has 3 nitrogen and oxygen atoms in total. The second kappa shape index (κ2) is 5.73. The molecule has 1 atom stereocenters. The summed E-state index contributed by atoms with van der Waals surface area (Å²) in [5, 5.41) is 1.14. The quantitative estimate of drug-likeness (QED) is 0.722. The van der Waals surface area contributed by atoms with Gasteiger partial charge in [-0.2, -0.15) is 0 Å². The summed E-state index contributed by atoms with van der Waals surface area (Å²) in [7, 11) is 0. The smallest absolute Gasteiger partial charge is 0.158 e. The Morgan fingerprint density at radius 1 is 1.43 bits per heavy atom. The van der Waals surface area contributed by atoms with Crippen LogP contribution < -0.4 is 0 Å². The maximum atomic E-state index is 5.67. The lowest BCUT2D eigenvalue weighted by Gasteiger charge is -2.15. The molecular formula is C10H17NO2S. The molecule has 0 amide bonds. The van der Waals surface area contributed by atoms with E-state index in [1.807, 2.05) is 0 Å². The van der Waals surface area contributed by atoms with Gasteiger partial charge in [0.25, 0.3) is 0 Å². The van der Waals surface area contributed by atoms with Gasteiger partial charge in [-0.3, -0.25) is 4.99 Å². The molecule has 0 bridgehead atoms. The highest BCUT2D eigenvalue weighted by molar-refractivity contribution is 8.14. The second-order valence-corrected chi connectivity index (χ2v) is 4.75. The zero-order valence-electron chi connectivity index (χ0n) is 8.41. The molecule has 4 heteroatoms. The van der Waals surface area contributed by atoms with Gasteiger partial charge < -0.3 is 9.47 Å². The zero-order chi connectivity index (χ0) is 9.64. The first-order valence-corrected chi connectivity index (χ1v) is 6.33. The Morgan fingerprint density at radius 3 is 3.29 bits per heavy atom. The van der Waals surface area contributed by atoms with Crippen LogP contribution in [-0.4, -0.2) is 36.8 Å². The molecule has 0 N–H and O–H groups in total. The normalized spacial score (nSPS) is 28.6. The standard InChI is InChI=1S/C10H17NO2S/c1-2-4-10(12-6-3-1)13-8-9-11-5-7-14-9/h10H,1-8H2. The van der Waals surface area contributed by atoms with E-state index in [1.54, 1.807) is 11.8 Å². The average molecular weight is 215 g/mol. The van der Waals surface area contributed by atoms with Crippen molar-refractivity contribution in [2.75, 3.05) is 25.5 Å². The minimum absolute atomic E-state index is 0.0152. The van der Waals surface area contributed by atoms with E-state index in [0.29, 0.717) is 6.61 Å². The van der Waals surface area contributed by atoms with Gasteiger partial charge >= 0.3 is 0 Å². The maximum Gasteiger partial charge on any atom is 0.158 e. The molecule has 1 saturated heterocycles. The molecule has 80 valence electrons. The summed E-state index contributed by atoms with van der Waals surface area (Å²) in [6, 6.07) is 0. The number of nitrogens with zero attached hydrogens (tertiary/aromatic N) is 1. The van der Waals surface area contributed by atoms with Crippen molar-refractivity contribution in [1.29, 1.82) is 0 Å². The van der Waals surface area contributed by atoms with E-state index in [9.17, 15) is 0 Å². The van der Waals surface area contributed by atoms with Crippen LogP contribution in [0.1, 0.15) is 25.7 Å². The summed E-state index contributed by atoms with van der Waals surface area (Å²) in [4.78, 5) is 4.34. The van der Waals surface area contributed by atoms with Crippen LogP contribution in [0.4, 0.5) is 0 Å². The van der Waals surface area contributed by atoms with Crippen molar-refractivity contribution in [3.63, 3.8) is 0 Å². The molecule has 2 rings (SSSR count). The number of rotatable bonds is 3. The lowest BCUT2D eigenvalue weighted by Crippen LogP contribution is -2.19. The molecule has 14 heavy (non-hydrogen) atoms. The van der Waals surface area contributed by atoms with Crippen molar-refractivity contribution in [1.82, 2.24) is 0 Å². The fraction of sp³-hybridized carbons (Fsp3) is 0.900. The van der Waals surface area contributed by atoms with Crippen molar-refractivity contribution in [2.24, 2.45) is 4.99 Å². The highest BCUT2D eigenvalue weighted by Gasteiger charge is 2.15. The molecule has 1 unspecified atom stereocenters. The third-order valence-corrected chi connectivity index (χ3v) is 3.40. The third-order valence-electron chi connectivity index (χ3n) is 2.43. The second-order valence-electron chi connectivity index (χ2n) is 3.58. The van der Waals surface area contributed by atoms with Crippen LogP contribution in [-0.2, 0) is 9.47 Å². The molecule has 2 aliphatic rings. The molecule has 0 saturated carbocycles. The van der Waals surface area contributed by atoms with E-state index >= 15 is 0 Å². The molecule has 1 fully saturated rings. The van der Waals surface area contributed by atoms with E-state index in [-0.39, 0.29) is 6.29 Å². The molecule has 0 aliphatic carbocycles. The Bertz CT molecular complexity index is 200. The van der Waals surface area contributed by atoms with Crippen molar-refractivity contribution >= 4 is 16.8 Å². The lowest BCUT2D eigenvalue weighted by molar-refractivity contribution is -0.129. The van der Waals surface area contributed by atoms with Crippen molar-refractivity contribution in [3.05, 3.63) is 0 Å². The fourth-order valence-corrected chi connectivity index (χ4v) is 2.40. The van der Waals surface area contributed by atoms with E-state index in [1.165, 1.54) is 19.3 Å². The van der Waals surface area contributed by atoms with Crippen molar-refractivity contribution in [2.45, 2.75) is 32.0 Å². The molecule has 0 aromatic carbocycles. The summed E-state index contributed by atoms with van der Waals surface area (Å²) < 4.78 is 11.2. The summed E-state index contributed by atoms with van der Waals surface area (Å²) in [6.45, 7) is 2.45. The number of hydrogen-bond donors (Lipinski definition) is 0. The summed E-state index contributed by atoms with van der Waals surface area (Å²) in [5.74, 6) is 1.12. The van der Waals surface area contributed by atoms with Crippen LogP contribution in [0.3, 0.4) is 0 Å². The largest absolute Gasteiger partial charge is 0.353 e. The van der Waals surface area contributed by atoms with Gasteiger partial charge in [0, 0.05) is 18.9 Å². The van der Waals surface area contributed by atoms with E-state index in [4.69, 9.17) is 9.47 Å². The highest BCUT2D eigenvalue weighted by Crippen LogP contribution is 2.16. The number of ether oxygens (including phenoxy) is 2. The predicted octanol–water partition coefficient (Wildman–Crippen LogP) is 2.06. The van der Waals surface area contributed by atoms with Crippen LogP contribution in [0.2, 0.25) is 0 Å². The molecule has 0 aromatic heterocycles. The summed E-state index contributed by atoms with van der Waals surface area (Å²) in [5.41, 5.74) is 0. The average Bonchev–Trinajstić information content (AvgIpc) is 2.58. The SMILES string of the molecule is C1CCOC(OCC2=NCCS2)CC1. The number of aliphatic imine (C=N–C) groups is 1. The molecule has 2 aliphatic heterocycles. The van der Waals surface area contributed by atoms with Gasteiger partial charge in [0.15, 0.2) is 6.29 Å². The fourth-order valence-electron chi connectivity index (χ4n) is 1.65. The minimum atomic E-state index is 0.0152. The van der Waals surface area contributed by atoms with Gasteiger partial charge in [-0.1, -0.05) is 6.42 Å². The van der Waals surface area contributed by atoms with Gasteiger partial charge in [-0.15, -0.1) is 11.8 Å². The molecule has 0 spiro atoms. The minimum Gasteiger partial charge on any atom is -0.353 e. The maximum absolute atomic E-state index is 5.67. The Morgan fingerprint density at radius 2 is 2.43 bits per heavy atom. The third kappa shape index (κ3) is 3.26. The Kier molecular flexibility index (Phi) is 4.28. The van der Waals surface area contributed by atoms with Crippen LogP contribution in [0.15, 0.2) is 4.99 Å². The zero-order valence-corrected chi connectivity index (χ0v) is 9.22. The topological polar surface area (TPSA) is 30.8 Å². The molecule has 2 heterocycles. The number of thioether (sulfide) groups is 1. The first-order valence-electron chi connectivity index (χ1n) is 5.34. The first kappa shape index (κ1) is 10.5. The van der Waals surface area contributed by atoms with Gasteiger partial charge in [0.05, 0.1) is 11.7 Å². The molecule has 0 radical (unpaired) electrons. The van der Waals surface area contributed by atoms with Gasteiger partial charge in [-0.05, 0) is 19.3 Å². The van der Waals surface area contributed by atoms with Crippen molar-refractivity contribution in [3.8, 4) is 0 Å². The van der Waals surface area contributed by atoms with Crippen molar-refractivity contribution < 1.29 is 9.47 Å². The van der Waals surface area contributed by atoms with Crippen LogP contribution in [0.25, 0.3) is 0 Å². The van der Waals surface area contributed by atoms with E-state index in [0.717, 1.165) is 30.4 Å². The van der Waals surface area contributed by atoms with Gasteiger partial charge in [0.2, 0.25) is 0 Å². The first-order chi connectivity index (χ1) is 6.95. The van der Waals surface area contributed by atoms with Crippen LogP contribution in [0, 0.1) is 0 Å². The monoisotopic (exact) mass is 215 g/mol. The van der Waals surface area contributed by atoms with E-state index < -0.39 is 0 Å². The van der Waals surface area contributed by atoms with Gasteiger partial charge in [0.1, 0.15) is 0 Å². The lowest BCUT2D eigenvalue weighted by atomic mass is 10.2. The molecular weight excluding hydrogens is 198 g/mol. The Labute approximate surface area is 89.3 Å². The van der Waals surface area contributed by atoms with Crippen LogP contribution in [0.5, 0.6) is 0 Å². The Balaban J connectivity index is 1.68. The van der Waals surface area contributed by atoms with Gasteiger partial charge in [-0.25, -0.2) is 0 Å². The highest BCUT2D eigenvalue weighted by atomic mass is 32.2. The van der Waals surface area contributed by atoms with Crippen LogP contribution >= 0.6 is 11.8 Å². The Hall–Kier alpha value is -0.0600. The summed E-state index contributed by atoms with van der Waals surface area (Å²) in [6.07, 6.45) is 4.73.